The quantitative estimate of drug-likeness (QED) is 0.749. The van der Waals surface area contributed by atoms with Gasteiger partial charge in [0.15, 0.2) is 0 Å². The molecular weight excluding hydrogens is 196 g/mol. The molecule has 1 amide bonds. The van der Waals surface area contributed by atoms with E-state index in [0.29, 0.717) is 5.82 Å². The Morgan fingerprint density at radius 1 is 1.60 bits per heavy atom. The Bertz CT molecular complexity index is 317. The third-order valence-electron chi connectivity index (χ3n) is 2.68. The molecule has 2 heterocycles. The predicted octanol–water partition coefficient (Wildman–Crippen LogP) is 0.0557. The Morgan fingerprint density at radius 2 is 2.33 bits per heavy atom. The van der Waals surface area contributed by atoms with Gasteiger partial charge < -0.3 is 14.6 Å². The molecule has 1 saturated heterocycles. The number of nitrogens with one attached hydrogen (secondary N) is 1. The Morgan fingerprint density at radius 3 is 2.87 bits per heavy atom. The average molecular weight is 210 g/mol. The lowest BCUT2D eigenvalue weighted by molar-refractivity contribution is 0.0344. The molecule has 0 spiro atoms. The largest absolute Gasteiger partial charge is 0.381 e. The number of hydrogen-bond donors (Lipinski definition) is 1. The van der Waals surface area contributed by atoms with Gasteiger partial charge >= 0.3 is 0 Å². The second-order valence-corrected chi connectivity index (χ2v) is 3.56. The molecule has 0 bridgehead atoms. The van der Waals surface area contributed by atoms with Gasteiger partial charge in [-0.2, -0.15) is 0 Å². The predicted molar refractivity (Wildman–Crippen MR) is 52.3 cm³/mol. The molecule has 0 unspecified atom stereocenters. The number of carbonyl (C=O) groups excluding carboxylic acids is 1. The van der Waals surface area contributed by atoms with E-state index in [1.807, 2.05) is 0 Å². The monoisotopic (exact) mass is 210 g/mol. The summed E-state index contributed by atoms with van der Waals surface area (Å²) in [4.78, 5) is 16.3. The van der Waals surface area contributed by atoms with E-state index in [1.54, 1.807) is 12.0 Å². The van der Waals surface area contributed by atoms with E-state index in [9.17, 15) is 4.79 Å². The molecular formula is C9H14N4O2. The standard InChI is InChI=1S/C9H14N4O2/c1-15-7-2-4-13(5-3-7)9(14)8-10-6-11-12-8/h6-7H,2-5H2,1H3,(H,10,11,12). The van der Waals surface area contributed by atoms with Gasteiger partial charge in [0.25, 0.3) is 5.91 Å². The molecule has 1 aliphatic heterocycles. The number of ether oxygens (including phenoxy) is 1. The Balaban J connectivity index is 1.93. The molecule has 2 rings (SSSR count). The van der Waals surface area contributed by atoms with Crippen LogP contribution in [0.15, 0.2) is 6.33 Å². The van der Waals surface area contributed by atoms with Crippen LogP contribution >= 0.6 is 0 Å². The van der Waals surface area contributed by atoms with Crippen LogP contribution in [0.25, 0.3) is 0 Å². The van der Waals surface area contributed by atoms with Crippen molar-refractivity contribution >= 4 is 5.91 Å². The van der Waals surface area contributed by atoms with Crippen molar-refractivity contribution in [3.8, 4) is 0 Å². The van der Waals surface area contributed by atoms with Gasteiger partial charge in [0.05, 0.1) is 6.10 Å². The fraction of sp³-hybridized carbons (Fsp3) is 0.667. The molecule has 0 atom stereocenters. The van der Waals surface area contributed by atoms with Gasteiger partial charge in [-0.05, 0) is 12.8 Å². The van der Waals surface area contributed by atoms with Crippen molar-refractivity contribution in [3.63, 3.8) is 0 Å². The summed E-state index contributed by atoms with van der Waals surface area (Å²) in [5.74, 6) is 0.230. The van der Waals surface area contributed by atoms with Crippen molar-refractivity contribution in [2.75, 3.05) is 20.2 Å². The highest BCUT2D eigenvalue weighted by atomic mass is 16.5. The van der Waals surface area contributed by atoms with E-state index in [2.05, 4.69) is 15.2 Å². The maximum absolute atomic E-state index is 11.8. The third-order valence-corrected chi connectivity index (χ3v) is 2.68. The van der Waals surface area contributed by atoms with Crippen molar-refractivity contribution in [2.45, 2.75) is 18.9 Å². The molecule has 6 nitrogen and oxygen atoms in total. The molecule has 0 saturated carbocycles. The van der Waals surface area contributed by atoms with Crippen LogP contribution in [0.5, 0.6) is 0 Å². The normalized spacial score (nSPS) is 18.1. The van der Waals surface area contributed by atoms with Gasteiger partial charge in [-0.15, -0.1) is 10.2 Å². The van der Waals surface area contributed by atoms with E-state index in [1.165, 1.54) is 6.33 Å². The molecule has 0 radical (unpaired) electrons. The van der Waals surface area contributed by atoms with E-state index < -0.39 is 0 Å². The van der Waals surface area contributed by atoms with E-state index in [-0.39, 0.29) is 12.0 Å². The minimum Gasteiger partial charge on any atom is -0.381 e. The fourth-order valence-corrected chi connectivity index (χ4v) is 1.75. The minimum absolute atomic E-state index is 0.0814. The summed E-state index contributed by atoms with van der Waals surface area (Å²) in [6.07, 6.45) is 3.46. The second kappa shape index (κ2) is 4.39. The van der Waals surface area contributed by atoms with Gasteiger partial charge in [0, 0.05) is 20.2 Å². The molecule has 1 fully saturated rings. The number of H-pyrrole nitrogens is 1. The number of piperidine rings is 1. The van der Waals surface area contributed by atoms with Gasteiger partial charge in [0.2, 0.25) is 5.82 Å². The fourth-order valence-electron chi connectivity index (χ4n) is 1.75. The number of aromatic amines is 1. The first-order valence-corrected chi connectivity index (χ1v) is 4.99. The highest BCUT2D eigenvalue weighted by molar-refractivity contribution is 5.90. The van der Waals surface area contributed by atoms with Crippen LogP contribution in [-0.4, -0.2) is 52.3 Å². The number of methoxy groups -OCH3 is 1. The van der Waals surface area contributed by atoms with Gasteiger partial charge in [-0.1, -0.05) is 0 Å². The molecule has 1 aliphatic rings. The number of amides is 1. The number of carbonyl (C=O) groups is 1. The maximum atomic E-state index is 11.8. The average Bonchev–Trinajstić information content (AvgIpc) is 2.82. The van der Waals surface area contributed by atoms with Crippen molar-refractivity contribution in [1.82, 2.24) is 20.1 Å². The van der Waals surface area contributed by atoms with Gasteiger partial charge in [0.1, 0.15) is 6.33 Å². The number of likely N-dealkylation sites (tertiary alicyclic amines) is 1. The maximum Gasteiger partial charge on any atom is 0.291 e. The molecule has 6 heteroatoms. The molecule has 0 aliphatic carbocycles. The Hall–Kier alpha value is -1.43. The number of hydrogen-bond acceptors (Lipinski definition) is 4. The summed E-state index contributed by atoms with van der Waals surface area (Å²) in [5.41, 5.74) is 0. The summed E-state index contributed by atoms with van der Waals surface area (Å²) < 4.78 is 5.24. The molecule has 82 valence electrons. The van der Waals surface area contributed by atoms with E-state index in [0.717, 1.165) is 25.9 Å². The van der Waals surface area contributed by atoms with Crippen LogP contribution < -0.4 is 0 Å². The summed E-state index contributed by atoms with van der Waals surface area (Å²) >= 11 is 0. The van der Waals surface area contributed by atoms with Crippen LogP contribution in [0.3, 0.4) is 0 Å². The molecule has 0 aromatic carbocycles. The minimum atomic E-state index is -0.0814. The lowest BCUT2D eigenvalue weighted by Crippen LogP contribution is -2.41. The molecule has 15 heavy (non-hydrogen) atoms. The van der Waals surface area contributed by atoms with Crippen molar-refractivity contribution in [3.05, 3.63) is 12.2 Å². The summed E-state index contributed by atoms with van der Waals surface area (Å²) in [7, 11) is 1.71. The van der Waals surface area contributed by atoms with Crippen LogP contribution in [0.1, 0.15) is 23.5 Å². The lowest BCUT2D eigenvalue weighted by Gasteiger charge is -2.30. The first-order valence-electron chi connectivity index (χ1n) is 4.99. The first kappa shape index (κ1) is 10.1. The lowest BCUT2D eigenvalue weighted by atomic mass is 10.1. The highest BCUT2D eigenvalue weighted by Gasteiger charge is 2.24. The van der Waals surface area contributed by atoms with Crippen LogP contribution in [0.2, 0.25) is 0 Å². The zero-order valence-corrected chi connectivity index (χ0v) is 8.64. The number of rotatable bonds is 2. The number of aromatic nitrogens is 3. The van der Waals surface area contributed by atoms with Crippen molar-refractivity contribution < 1.29 is 9.53 Å². The molecule has 1 N–H and O–H groups in total. The van der Waals surface area contributed by atoms with Crippen LogP contribution in [0.4, 0.5) is 0 Å². The van der Waals surface area contributed by atoms with Gasteiger partial charge in [-0.25, -0.2) is 0 Å². The second-order valence-electron chi connectivity index (χ2n) is 3.56. The molecule has 1 aromatic heterocycles. The summed E-state index contributed by atoms with van der Waals surface area (Å²) in [6.45, 7) is 1.44. The highest BCUT2D eigenvalue weighted by Crippen LogP contribution is 2.14. The van der Waals surface area contributed by atoms with Gasteiger partial charge in [-0.3, -0.25) is 4.79 Å². The van der Waals surface area contributed by atoms with Crippen LogP contribution in [-0.2, 0) is 4.74 Å². The Kier molecular flexibility index (Phi) is 2.96. The SMILES string of the molecule is COC1CCN(C(=O)c2nnc[nH]2)CC1. The molecule has 1 aromatic rings. The Labute approximate surface area is 87.6 Å². The van der Waals surface area contributed by atoms with E-state index >= 15 is 0 Å². The first-order chi connectivity index (χ1) is 7.31. The zero-order valence-electron chi connectivity index (χ0n) is 8.64. The van der Waals surface area contributed by atoms with Crippen LogP contribution in [0, 0.1) is 0 Å². The number of nitrogens with zero attached hydrogens (tertiary/aromatic N) is 3. The van der Waals surface area contributed by atoms with E-state index in [4.69, 9.17) is 4.74 Å². The summed E-state index contributed by atoms with van der Waals surface area (Å²) in [6, 6.07) is 0. The van der Waals surface area contributed by atoms with Crippen molar-refractivity contribution in [2.24, 2.45) is 0 Å². The zero-order chi connectivity index (χ0) is 10.7. The summed E-state index contributed by atoms with van der Waals surface area (Å²) in [5, 5.41) is 7.29. The smallest absolute Gasteiger partial charge is 0.291 e. The topological polar surface area (TPSA) is 71.1 Å². The third kappa shape index (κ3) is 2.15. The van der Waals surface area contributed by atoms with Crippen molar-refractivity contribution in [1.29, 1.82) is 0 Å².